The highest BCUT2D eigenvalue weighted by molar-refractivity contribution is 5.70. The number of nitrogens with zero attached hydrogens (tertiary/aromatic N) is 4. The summed E-state index contributed by atoms with van der Waals surface area (Å²) in [7, 11) is 0. The summed E-state index contributed by atoms with van der Waals surface area (Å²) in [6.45, 7) is 5.70. The Bertz CT molecular complexity index is 1130. The van der Waals surface area contributed by atoms with Gasteiger partial charge in [0.1, 0.15) is 11.9 Å². The van der Waals surface area contributed by atoms with Crippen molar-refractivity contribution in [2.24, 2.45) is 0 Å². The number of aryl methyl sites for hydroxylation is 2. The van der Waals surface area contributed by atoms with Crippen LogP contribution >= 0.6 is 0 Å². The topological polar surface area (TPSA) is 94.6 Å². The molecule has 0 aliphatic rings. The van der Waals surface area contributed by atoms with Gasteiger partial charge in [-0.15, -0.1) is 0 Å². The molecule has 4 aromatic rings. The predicted octanol–water partition coefficient (Wildman–Crippen LogP) is 4.14. The molecule has 0 bridgehead atoms. The summed E-state index contributed by atoms with van der Waals surface area (Å²) in [5, 5.41) is 11.4. The van der Waals surface area contributed by atoms with Crippen LogP contribution in [0.3, 0.4) is 0 Å². The number of ether oxygens (including phenoxy) is 1. The van der Waals surface area contributed by atoms with E-state index >= 15 is 0 Å². The van der Waals surface area contributed by atoms with E-state index in [1.165, 1.54) is 12.1 Å². The lowest BCUT2D eigenvalue weighted by Crippen LogP contribution is -2.10. The molecule has 7 nitrogen and oxygen atoms in total. The molecule has 0 aliphatic carbocycles. The zero-order chi connectivity index (χ0) is 20.5. The van der Waals surface area contributed by atoms with Gasteiger partial charge in [0.05, 0.1) is 11.4 Å². The molecule has 1 aromatic carbocycles. The van der Waals surface area contributed by atoms with Gasteiger partial charge in [-0.3, -0.25) is 5.10 Å². The number of nitrogens with two attached hydrogens (primary N) is 1. The highest BCUT2D eigenvalue weighted by Crippen LogP contribution is 2.34. The minimum Gasteiger partial charge on any atom is -0.482 e. The number of nitrogen functional groups attached to an aromatic ring is 1. The first-order valence-electron chi connectivity index (χ1n) is 9.17. The highest BCUT2D eigenvalue weighted by atomic mass is 19.1. The van der Waals surface area contributed by atoms with Gasteiger partial charge in [0.2, 0.25) is 0 Å². The van der Waals surface area contributed by atoms with Crippen molar-refractivity contribution in [1.29, 1.82) is 0 Å². The van der Waals surface area contributed by atoms with Gasteiger partial charge in [0.15, 0.2) is 11.6 Å². The zero-order valence-corrected chi connectivity index (χ0v) is 16.3. The van der Waals surface area contributed by atoms with Gasteiger partial charge in [-0.1, -0.05) is 0 Å². The molecule has 4 rings (SSSR count). The Morgan fingerprint density at radius 2 is 2.07 bits per heavy atom. The molecule has 3 N–H and O–H groups in total. The Morgan fingerprint density at radius 3 is 2.76 bits per heavy atom. The van der Waals surface area contributed by atoms with Crippen LogP contribution in [0.5, 0.6) is 5.75 Å². The molecule has 1 unspecified atom stereocenters. The largest absolute Gasteiger partial charge is 0.482 e. The zero-order valence-electron chi connectivity index (χ0n) is 16.3. The van der Waals surface area contributed by atoms with Crippen LogP contribution < -0.4 is 10.5 Å². The Hall–Kier alpha value is -3.68. The first-order chi connectivity index (χ1) is 13.9. The van der Waals surface area contributed by atoms with Crippen LogP contribution in [0.2, 0.25) is 0 Å². The smallest absolute Gasteiger partial charge is 0.166 e. The maximum atomic E-state index is 14.0. The predicted molar refractivity (Wildman–Crippen MR) is 108 cm³/mol. The lowest BCUT2D eigenvalue weighted by molar-refractivity contribution is 0.227. The van der Waals surface area contributed by atoms with E-state index in [0.29, 0.717) is 11.3 Å². The van der Waals surface area contributed by atoms with E-state index in [1.807, 2.05) is 26.8 Å². The van der Waals surface area contributed by atoms with Crippen LogP contribution in [0.4, 0.5) is 10.2 Å². The second kappa shape index (κ2) is 7.38. The molecule has 0 saturated heterocycles. The summed E-state index contributed by atoms with van der Waals surface area (Å²) >= 11 is 0. The molecule has 0 amide bonds. The number of halogens is 1. The van der Waals surface area contributed by atoms with E-state index in [1.54, 1.807) is 35.4 Å². The molecule has 148 valence electrons. The monoisotopic (exact) mass is 392 g/mol. The summed E-state index contributed by atoms with van der Waals surface area (Å²) in [5.41, 5.74) is 11.0. The Labute approximate surface area is 167 Å². The van der Waals surface area contributed by atoms with Crippen molar-refractivity contribution in [2.45, 2.75) is 26.9 Å². The normalized spacial score (nSPS) is 12.1. The van der Waals surface area contributed by atoms with Crippen LogP contribution in [0, 0.1) is 19.7 Å². The molecule has 0 aliphatic heterocycles. The molecule has 8 heteroatoms. The molecule has 0 radical (unpaired) electrons. The van der Waals surface area contributed by atoms with Crippen molar-refractivity contribution in [3.63, 3.8) is 0 Å². The standard InChI is InChI=1S/C21H21FN6O/c1-12-20(13(2)27-26-12)15-9-19(21(23)24-11-15)29-14(3)17-10-16(22)5-6-18(17)28-8-4-7-25-28/h4-11,14H,1-3H3,(H2,23,24)(H,26,27). The van der Waals surface area contributed by atoms with Crippen LogP contribution in [0.15, 0.2) is 48.9 Å². The number of rotatable bonds is 5. The number of aromatic amines is 1. The van der Waals surface area contributed by atoms with E-state index in [4.69, 9.17) is 10.5 Å². The van der Waals surface area contributed by atoms with Gasteiger partial charge in [0, 0.05) is 41.0 Å². The Balaban J connectivity index is 1.70. The van der Waals surface area contributed by atoms with E-state index < -0.39 is 6.10 Å². The van der Waals surface area contributed by atoms with Crippen LogP contribution in [-0.4, -0.2) is 25.0 Å². The molecule has 0 fully saturated rings. The van der Waals surface area contributed by atoms with E-state index in [-0.39, 0.29) is 11.6 Å². The van der Waals surface area contributed by atoms with Crippen LogP contribution in [0.25, 0.3) is 16.8 Å². The molecular formula is C21H21FN6O. The third kappa shape index (κ3) is 3.56. The molecule has 29 heavy (non-hydrogen) atoms. The summed E-state index contributed by atoms with van der Waals surface area (Å²) in [5.74, 6) is 0.331. The van der Waals surface area contributed by atoms with Gasteiger partial charge in [-0.25, -0.2) is 14.1 Å². The summed E-state index contributed by atoms with van der Waals surface area (Å²) in [4.78, 5) is 4.27. The maximum Gasteiger partial charge on any atom is 0.166 e. The van der Waals surface area contributed by atoms with Crippen molar-refractivity contribution < 1.29 is 9.13 Å². The summed E-state index contributed by atoms with van der Waals surface area (Å²) < 4.78 is 21.8. The molecule has 3 heterocycles. The van der Waals surface area contributed by atoms with Crippen molar-refractivity contribution >= 4 is 5.82 Å². The van der Waals surface area contributed by atoms with E-state index in [0.717, 1.165) is 28.2 Å². The van der Waals surface area contributed by atoms with Gasteiger partial charge < -0.3 is 10.5 Å². The van der Waals surface area contributed by atoms with Crippen molar-refractivity contribution in [3.05, 3.63) is 71.7 Å². The number of hydrogen-bond acceptors (Lipinski definition) is 5. The highest BCUT2D eigenvalue weighted by Gasteiger charge is 2.18. The third-order valence-electron chi connectivity index (χ3n) is 4.78. The van der Waals surface area contributed by atoms with E-state index in [9.17, 15) is 4.39 Å². The quantitative estimate of drug-likeness (QED) is 0.532. The number of benzene rings is 1. The lowest BCUT2D eigenvalue weighted by Gasteiger charge is -2.20. The van der Waals surface area contributed by atoms with Crippen molar-refractivity contribution in [3.8, 4) is 22.6 Å². The first-order valence-corrected chi connectivity index (χ1v) is 9.17. The van der Waals surface area contributed by atoms with Gasteiger partial charge in [-0.2, -0.15) is 10.2 Å². The average molecular weight is 392 g/mol. The maximum absolute atomic E-state index is 14.0. The fourth-order valence-corrected chi connectivity index (χ4v) is 3.39. The Morgan fingerprint density at radius 1 is 1.24 bits per heavy atom. The second-order valence-corrected chi connectivity index (χ2v) is 6.83. The first kappa shape index (κ1) is 18.7. The third-order valence-corrected chi connectivity index (χ3v) is 4.78. The summed E-state index contributed by atoms with van der Waals surface area (Å²) in [6.07, 6.45) is 4.66. The molecule has 1 atom stereocenters. The fraction of sp³-hybridized carbons (Fsp3) is 0.190. The molecule has 0 saturated carbocycles. The fourth-order valence-electron chi connectivity index (χ4n) is 3.39. The Kier molecular flexibility index (Phi) is 4.75. The minimum atomic E-state index is -0.490. The SMILES string of the molecule is Cc1n[nH]c(C)c1-c1cnc(N)c(OC(C)c2cc(F)ccc2-n2cccn2)c1. The van der Waals surface area contributed by atoms with Crippen LogP contribution in [0.1, 0.15) is 30.0 Å². The molecule has 0 spiro atoms. The van der Waals surface area contributed by atoms with Gasteiger partial charge in [0.25, 0.3) is 0 Å². The van der Waals surface area contributed by atoms with E-state index in [2.05, 4.69) is 20.3 Å². The molecule has 3 aromatic heterocycles. The second-order valence-electron chi connectivity index (χ2n) is 6.83. The van der Waals surface area contributed by atoms with Crippen LogP contribution in [-0.2, 0) is 0 Å². The average Bonchev–Trinajstić information content (AvgIpc) is 3.34. The van der Waals surface area contributed by atoms with Crippen molar-refractivity contribution in [1.82, 2.24) is 25.0 Å². The van der Waals surface area contributed by atoms with Gasteiger partial charge >= 0.3 is 0 Å². The number of nitrogens with one attached hydrogen (secondary N) is 1. The summed E-state index contributed by atoms with van der Waals surface area (Å²) in [6, 6.07) is 8.15. The van der Waals surface area contributed by atoms with Gasteiger partial charge in [-0.05, 0) is 51.1 Å². The molecular weight excluding hydrogens is 371 g/mol. The number of anilines is 1. The van der Waals surface area contributed by atoms with Crippen molar-refractivity contribution in [2.75, 3.05) is 5.73 Å². The minimum absolute atomic E-state index is 0.261. The lowest BCUT2D eigenvalue weighted by atomic mass is 10.1. The number of aromatic nitrogens is 5. The number of pyridine rings is 1. The number of H-pyrrole nitrogens is 1. The number of hydrogen-bond donors (Lipinski definition) is 2.